The highest BCUT2D eigenvalue weighted by molar-refractivity contribution is 5.78. The number of anilines is 1. The lowest BCUT2D eigenvalue weighted by Crippen LogP contribution is -2.65. The van der Waals surface area contributed by atoms with Crippen LogP contribution in [0.15, 0.2) is 30.5 Å². The van der Waals surface area contributed by atoms with Crippen LogP contribution in [0.25, 0.3) is 10.9 Å². The molecular weight excluding hydrogens is 240 g/mol. The van der Waals surface area contributed by atoms with Crippen LogP contribution in [0, 0.1) is 5.92 Å². The zero-order valence-electron chi connectivity index (χ0n) is 10.5. The molecule has 5 heteroatoms. The van der Waals surface area contributed by atoms with E-state index in [0.717, 1.165) is 23.9 Å². The van der Waals surface area contributed by atoms with E-state index in [0.29, 0.717) is 11.9 Å². The first-order valence-corrected chi connectivity index (χ1v) is 6.68. The second-order valence-electron chi connectivity index (χ2n) is 5.29. The van der Waals surface area contributed by atoms with E-state index in [9.17, 15) is 0 Å². The smallest absolute Gasteiger partial charge is 0.223 e. The molecule has 98 valence electrons. The standard InChI is InChI=1S/C14H16N4O/c15-11-9-5-6-19-13(9)12(11)18-14-16-7-8-3-1-2-4-10(8)17-14/h1-4,7,9,11-13H,5-6,15H2,(H,16,17,18). The summed E-state index contributed by atoms with van der Waals surface area (Å²) in [5.41, 5.74) is 7.11. The van der Waals surface area contributed by atoms with E-state index in [-0.39, 0.29) is 18.2 Å². The highest BCUT2D eigenvalue weighted by atomic mass is 16.5. The summed E-state index contributed by atoms with van der Waals surface area (Å²) in [5.74, 6) is 1.13. The molecule has 4 atom stereocenters. The average Bonchev–Trinajstić information content (AvgIpc) is 2.89. The number of nitrogens with one attached hydrogen (secondary N) is 1. The molecule has 1 saturated heterocycles. The molecule has 3 N–H and O–H groups in total. The Morgan fingerprint density at radius 1 is 1.32 bits per heavy atom. The van der Waals surface area contributed by atoms with Crippen LogP contribution >= 0.6 is 0 Å². The summed E-state index contributed by atoms with van der Waals surface area (Å²) in [4.78, 5) is 8.86. The summed E-state index contributed by atoms with van der Waals surface area (Å²) < 4.78 is 5.70. The monoisotopic (exact) mass is 256 g/mol. The molecule has 1 saturated carbocycles. The molecule has 5 nitrogen and oxygen atoms in total. The summed E-state index contributed by atoms with van der Waals surface area (Å²) in [6.45, 7) is 0.819. The summed E-state index contributed by atoms with van der Waals surface area (Å²) in [5, 5.41) is 4.36. The van der Waals surface area contributed by atoms with Gasteiger partial charge in [-0.2, -0.15) is 0 Å². The zero-order valence-corrected chi connectivity index (χ0v) is 10.5. The lowest BCUT2D eigenvalue weighted by Gasteiger charge is -2.45. The van der Waals surface area contributed by atoms with Crippen molar-refractivity contribution in [3.63, 3.8) is 0 Å². The van der Waals surface area contributed by atoms with Gasteiger partial charge in [-0.3, -0.25) is 0 Å². The lowest BCUT2D eigenvalue weighted by molar-refractivity contribution is 0.00510. The summed E-state index contributed by atoms with van der Waals surface area (Å²) in [6.07, 6.45) is 3.13. The van der Waals surface area contributed by atoms with Crippen LogP contribution in [0.5, 0.6) is 0 Å². The third-order valence-corrected chi connectivity index (χ3v) is 4.23. The van der Waals surface area contributed by atoms with Crippen molar-refractivity contribution in [2.45, 2.75) is 24.6 Å². The molecule has 1 aliphatic heterocycles. The zero-order chi connectivity index (χ0) is 12.8. The molecule has 2 fully saturated rings. The fourth-order valence-electron chi connectivity index (χ4n) is 3.12. The molecule has 1 aromatic carbocycles. The van der Waals surface area contributed by atoms with Gasteiger partial charge in [0.05, 0.1) is 17.7 Å². The minimum Gasteiger partial charge on any atom is -0.376 e. The van der Waals surface area contributed by atoms with Gasteiger partial charge in [0.15, 0.2) is 0 Å². The molecule has 4 rings (SSSR count). The van der Waals surface area contributed by atoms with Crippen molar-refractivity contribution in [3.05, 3.63) is 30.5 Å². The molecular formula is C14H16N4O. The molecule has 19 heavy (non-hydrogen) atoms. The molecule has 4 unspecified atom stereocenters. The number of ether oxygens (including phenoxy) is 1. The fraction of sp³-hybridized carbons (Fsp3) is 0.429. The molecule has 1 aliphatic carbocycles. The first kappa shape index (κ1) is 11.1. The largest absolute Gasteiger partial charge is 0.376 e. The number of nitrogens with zero attached hydrogens (tertiary/aromatic N) is 2. The number of rotatable bonds is 2. The number of nitrogens with two attached hydrogens (primary N) is 1. The van der Waals surface area contributed by atoms with Crippen molar-refractivity contribution in [2.24, 2.45) is 11.7 Å². The third-order valence-electron chi connectivity index (χ3n) is 4.23. The minimum atomic E-state index is 0.133. The topological polar surface area (TPSA) is 73.1 Å². The number of fused-ring (bicyclic) bond motifs is 2. The third kappa shape index (κ3) is 1.69. The Labute approximate surface area is 111 Å². The van der Waals surface area contributed by atoms with E-state index >= 15 is 0 Å². The number of benzene rings is 1. The number of hydrogen-bond donors (Lipinski definition) is 2. The summed E-state index contributed by atoms with van der Waals surface area (Å²) in [6, 6.07) is 8.22. The van der Waals surface area contributed by atoms with E-state index in [1.54, 1.807) is 0 Å². The van der Waals surface area contributed by atoms with Crippen LogP contribution in [0.3, 0.4) is 0 Å². The van der Waals surface area contributed by atoms with Crippen LogP contribution in [-0.2, 0) is 4.74 Å². The first-order valence-electron chi connectivity index (χ1n) is 6.68. The van der Waals surface area contributed by atoms with Crippen LogP contribution in [0.4, 0.5) is 5.95 Å². The highest BCUT2D eigenvalue weighted by Gasteiger charge is 2.52. The van der Waals surface area contributed by atoms with Crippen LogP contribution in [0.2, 0.25) is 0 Å². The van der Waals surface area contributed by atoms with Gasteiger partial charge in [-0.1, -0.05) is 18.2 Å². The van der Waals surface area contributed by atoms with Gasteiger partial charge in [0.1, 0.15) is 0 Å². The number of para-hydroxylation sites is 1. The molecule has 2 heterocycles. The van der Waals surface area contributed by atoms with Crippen molar-refractivity contribution in [3.8, 4) is 0 Å². The van der Waals surface area contributed by atoms with Gasteiger partial charge in [-0.25, -0.2) is 9.97 Å². The van der Waals surface area contributed by atoms with Crippen molar-refractivity contribution >= 4 is 16.9 Å². The van der Waals surface area contributed by atoms with Gasteiger partial charge in [0.25, 0.3) is 0 Å². The van der Waals surface area contributed by atoms with Crippen molar-refractivity contribution in [2.75, 3.05) is 11.9 Å². The average molecular weight is 256 g/mol. The molecule has 2 aromatic rings. The van der Waals surface area contributed by atoms with Gasteiger partial charge in [0.2, 0.25) is 5.95 Å². The Morgan fingerprint density at radius 3 is 3.16 bits per heavy atom. The number of aromatic nitrogens is 2. The van der Waals surface area contributed by atoms with Crippen molar-refractivity contribution in [1.82, 2.24) is 9.97 Å². The minimum absolute atomic E-state index is 0.133. The molecule has 0 amide bonds. The molecule has 0 radical (unpaired) electrons. The van der Waals surface area contributed by atoms with Crippen molar-refractivity contribution < 1.29 is 4.74 Å². The van der Waals surface area contributed by atoms with Crippen LogP contribution < -0.4 is 11.1 Å². The van der Waals surface area contributed by atoms with Gasteiger partial charge in [0, 0.05) is 30.1 Å². The highest BCUT2D eigenvalue weighted by Crippen LogP contribution is 2.38. The van der Waals surface area contributed by atoms with Gasteiger partial charge < -0.3 is 15.8 Å². The first-order chi connectivity index (χ1) is 9.33. The SMILES string of the molecule is NC1C2CCOC2C1Nc1ncc2ccccc2n1. The maximum absolute atomic E-state index is 6.17. The maximum Gasteiger partial charge on any atom is 0.223 e. The molecule has 0 bridgehead atoms. The maximum atomic E-state index is 6.17. The second kappa shape index (κ2) is 4.15. The Bertz CT molecular complexity index is 617. The molecule has 1 aromatic heterocycles. The normalized spacial score (nSPS) is 32.9. The Morgan fingerprint density at radius 2 is 2.21 bits per heavy atom. The van der Waals surface area contributed by atoms with Gasteiger partial charge in [-0.05, 0) is 12.5 Å². The van der Waals surface area contributed by atoms with E-state index < -0.39 is 0 Å². The van der Waals surface area contributed by atoms with Gasteiger partial charge >= 0.3 is 0 Å². The summed E-state index contributed by atoms with van der Waals surface area (Å²) in [7, 11) is 0. The van der Waals surface area contributed by atoms with E-state index in [4.69, 9.17) is 10.5 Å². The Balaban J connectivity index is 1.58. The summed E-state index contributed by atoms with van der Waals surface area (Å²) >= 11 is 0. The van der Waals surface area contributed by atoms with Crippen LogP contribution in [-0.4, -0.2) is 34.8 Å². The predicted octanol–water partition coefficient (Wildman–Crippen LogP) is 1.16. The number of hydrogen-bond acceptors (Lipinski definition) is 5. The van der Waals surface area contributed by atoms with E-state index in [2.05, 4.69) is 15.3 Å². The Hall–Kier alpha value is -1.72. The lowest BCUT2D eigenvalue weighted by atomic mass is 9.72. The predicted molar refractivity (Wildman–Crippen MR) is 72.8 cm³/mol. The quantitative estimate of drug-likeness (QED) is 0.843. The van der Waals surface area contributed by atoms with Gasteiger partial charge in [-0.15, -0.1) is 0 Å². The van der Waals surface area contributed by atoms with Crippen molar-refractivity contribution in [1.29, 1.82) is 0 Å². The van der Waals surface area contributed by atoms with E-state index in [1.807, 2.05) is 30.5 Å². The van der Waals surface area contributed by atoms with E-state index in [1.165, 1.54) is 0 Å². The Kier molecular flexibility index (Phi) is 2.43. The second-order valence-corrected chi connectivity index (χ2v) is 5.29. The van der Waals surface area contributed by atoms with Crippen LogP contribution in [0.1, 0.15) is 6.42 Å². The fourth-order valence-corrected chi connectivity index (χ4v) is 3.12. The molecule has 2 aliphatic rings. The molecule has 0 spiro atoms.